The maximum atomic E-state index is 12.9. The molecule has 1 N–H and O–H groups in total. The van der Waals surface area contributed by atoms with Gasteiger partial charge in [0.05, 0.1) is 6.61 Å². The highest BCUT2D eigenvalue weighted by Gasteiger charge is 2.25. The quantitative estimate of drug-likeness (QED) is 0.689. The molecule has 2 aromatic carbocycles. The molecule has 1 atom stereocenters. The second kappa shape index (κ2) is 10.2. The van der Waals surface area contributed by atoms with E-state index in [1.807, 2.05) is 24.3 Å². The minimum atomic E-state index is 0.00522. The first-order valence-corrected chi connectivity index (χ1v) is 11.7. The highest BCUT2D eigenvalue weighted by atomic mass is 16.5. The van der Waals surface area contributed by atoms with Gasteiger partial charge in [-0.25, -0.2) is 0 Å². The summed E-state index contributed by atoms with van der Waals surface area (Å²) in [6, 6.07) is 14.4. The van der Waals surface area contributed by atoms with Crippen LogP contribution in [0.25, 0.3) is 0 Å². The highest BCUT2D eigenvalue weighted by molar-refractivity contribution is 5.94. The van der Waals surface area contributed by atoms with E-state index in [0.29, 0.717) is 5.56 Å². The van der Waals surface area contributed by atoms with Crippen molar-refractivity contribution in [3.63, 3.8) is 0 Å². The molecular formula is C26H35N3O2. The Morgan fingerprint density at radius 3 is 2.61 bits per heavy atom. The predicted octanol–water partition coefficient (Wildman–Crippen LogP) is 3.90. The summed E-state index contributed by atoms with van der Waals surface area (Å²) in [5, 5.41) is 3.28. The summed E-state index contributed by atoms with van der Waals surface area (Å²) in [7, 11) is 2.19. The second-order valence-corrected chi connectivity index (χ2v) is 8.84. The number of hydrogen-bond acceptors (Lipinski definition) is 4. The molecule has 166 valence electrons. The van der Waals surface area contributed by atoms with Crippen molar-refractivity contribution < 1.29 is 9.53 Å². The summed E-state index contributed by atoms with van der Waals surface area (Å²) in [6.07, 6.45) is 5.07. The summed E-state index contributed by atoms with van der Waals surface area (Å²) >= 11 is 0. The van der Waals surface area contributed by atoms with Crippen molar-refractivity contribution in [2.75, 3.05) is 44.7 Å². The van der Waals surface area contributed by atoms with Gasteiger partial charge in [-0.3, -0.25) is 4.79 Å². The van der Waals surface area contributed by atoms with Crippen LogP contribution in [0.15, 0.2) is 42.5 Å². The van der Waals surface area contributed by atoms with Gasteiger partial charge in [0.15, 0.2) is 0 Å². The van der Waals surface area contributed by atoms with E-state index in [1.54, 1.807) is 0 Å². The van der Waals surface area contributed by atoms with Crippen molar-refractivity contribution in [2.24, 2.45) is 0 Å². The van der Waals surface area contributed by atoms with Gasteiger partial charge in [-0.2, -0.15) is 0 Å². The molecule has 1 saturated heterocycles. The SMILES string of the molecule is CCCCOc1ccc(C(=O)N[C@H]2CCc3cccc(N4CCN(C)CC4)c3C2)cc1. The zero-order valence-electron chi connectivity index (χ0n) is 18.9. The third-order valence-corrected chi connectivity index (χ3v) is 6.52. The fourth-order valence-corrected chi connectivity index (χ4v) is 4.54. The number of amides is 1. The standard InChI is InChI=1S/C26H35N3O2/c1-3-4-18-31-23-12-9-21(10-13-23)26(30)27-22-11-8-20-6-5-7-25(24(20)19-22)29-16-14-28(2)15-17-29/h5-7,9-10,12-13,22H,3-4,8,11,14-19H2,1-2H3,(H,27,30)/t22-/m0/s1. The molecule has 0 spiro atoms. The third-order valence-electron chi connectivity index (χ3n) is 6.52. The Labute approximate surface area is 186 Å². The zero-order valence-corrected chi connectivity index (χ0v) is 18.9. The Kier molecular flexibility index (Phi) is 7.13. The predicted molar refractivity (Wildman–Crippen MR) is 126 cm³/mol. The zero-order chi connectivity index (χ0) is 21.6. The van der Waals surface area contributed by atoms with Crippen molar-refractivity contribution >= 4 is 11.6 Å². The van der Waals surface area contributed by atoms with Crippen molar-refractivity contribution in [3.8, 4) is 5.75 Å². The molecule has 0 aromatic heterocycles. The van der Waals surface area contributed by atoms with E-state index in [-0.39, 0.29) is 11.9 Å². The summed E-state index contributed by atoms with van der Waals surface area (Å²) in [4.78, 5) is 17.7. The van der Waals surface area contributed by atoms with E-state index in [9.17, 15) is 4.79 Å². The van der Waals surface area contributed by atoms with Crippen LogP contribution in [0.4, 0.5) is 5.69 Å². The number of unbranched alkanes of at least 4 members (excludes halogenated alkanes) is 1. The van der Waals surface area contributed by atoms with E-state index >= 15 is 0 Å². The van der Waals surface area contributed by atoms with Gasteiger partial charge in [0, 0.05) is 43.5 Å². The number of ether oxygens (including phenoxy) is 1. The highest BCUT2D eigenvalue weighted by Crippen LogP contribution is 2.31. The van der Waals surface area contributed by atoms with Crippen LogP contribution in [0.2, 0.25) is 0 Å². The van der Waals surface area contributed by atoms with Crippen LogP contribution in [-0.2, 0) is 12.8 Å². The molecule has 1 heterocycles. The number of fused-ring (bicyclic) bond motifs is 1. The molecule has 0 unspecified atom stereocenters. The minimum absolute atomic E-state index is 0.00522. The van der Waals surface area contributed by atoms with Gasteiger partial charge < -0.3 is 19.9 Å². The van der Waals surface area contributed by atoms with Gasteiger partial charge in [0.25, 0.3) is 5.91 Å². The van der Waals surface area contributed by atoms with Crippen molar-refractivity contribution in [1.82, 2.24) is 10.2 Å². The van der Waals surface area contributed by atoms with Crippen molar-refractivity contribution in [2.45, 2.75) is 45.1 Å². The van der Waals surface area contributed by atoms with Gasteiger partial charge in [0.1, 0.15) is 5.75 Å². The Morgan fingerprint density at radius 1 is 1.10 bits per heavy atom. The second-order valence-electron chi connectivity index (χ2n) is 8.84. The molecular weight excluding hydrogens is 386 g/mol. The first-order valence-electron chi connectivity index (χ1n) is 11.7. The maximum Gasteiger partial charge on any atom is 0.251 e. The summed E-state index contributed by atoms with van der Waals surface area (Å²) in [5.41, 5.74) is 4.91. The Balaban J connectivity index is 1.39. The Morgan fingerprint density at radius 2 is 1.87 bits per heavy atom. The lowest BCUT2D eigenvalue weighted by Crippen LogP contribution is -2.45. The monoisotopic (exact) mass is 421 g/mol. The molecule has 0 bridgehead atoms. The number of rotatable bonds is 7. The molecule has 1 fully saturated rings. The number of nitrogens with one attached hydrogen (secondary N) is 1. The lowest BCUT2D eigenvalue weighted by Gasteiger charge is -2.37. The third kappa shape index (κ3) is 5.40. The van der Waals surface area contributed by atoms with E-state index in [2.05, 4.69) is 47.3 Å². The van der Waals surface area contributed by atoms with Gasteiger partial charge in [-0.15, -0.1) is 0 Å². The van der Waals surface area contributed by atoms with Gasteiger partial charge in [-0.05, 0) is 74.2 Å². The fourth-order valence-electron chi connectivity index (χ4n) is 4.54. The lowest BCUT2D eigenvalue weighted by atomic mass is 9.86. The van der Waals surface area contributed by atoms with Crippen LogP contribution in [0.1, 0.15) is 47.7 Å². The fraction of sp³-hybridized carbons (Fsp3) is 0.500. The number of piperazine rings is 1. The van der Waals surface area contributed by atoms with Crippen LogP contribution in [-0.4, -0.2) is 56.7 Å². The smallest absolute Gasteiger partial charge is 0.251 e. The molecule has 5 heteroatoms. The number of nitrogens with zero attached hydrogens (tertiary/aromatic N) is 2. The molecule has 2 aliphatic rings. The number of likely N-dealkylation sites (N-methyl/N-ethyl adjacent to an activating group) is 1. The summed E-state index contributed by atoms with van der Waals surface area (Å²) < 4.78 is 5.71. The van der Waals surface area contributed by atoms with Crippen LogP contribution in [0.5, 0.6) is 5.75 Å². The number of hydrogen-bond donors (Lipinski definition) is 1. The number of carbonyl (C=O) groups is 1. The number of anilines is 1. The minimum Gasteiger partial charge on any atom is -0.494 e. The van der Waals surface area contributed by atoms with E-state index in [0.717, 1.165) is 70.6 Å². The largest absolute Gasteiger partial charge is 0.494 e. The topological polar surface area (TPSA) is 44.8 Å². The maximum absolute atomic E-state index is 12.9. The van der Waals surface area contributed by atoms with Gasteiger partial charge in [0.2, 0.25) is 0 Å². The Bertz CT molecular complexity index is 873. The van der Waals surface area contributed by atoms with Crippen molar-refractivity contribution in [1.29, 1.82) is 0 Å². The number of benzene rings is 2. The molecule has 31 heavy (non-hydrogen) atoms. The van der Waals surface area contributed by atoms with Crippen LogP contribution >= 0.6 is 0 Å². The van der Waals surface area contributed by atoms with E-state index in [1.165, 1.54) is 16.8 Å². The number of aryl methyl sites for hydroxylation is 1. The van der Waals surface area contributed by atoms with Crippen molar-refractivity contribution in [3.05, 3.63) is 59.2 Å². The first kappa shape index (κ1) is 21.7. The summed E-state index contributed by atoms with van der Waals surface area (Å²) in [5.74, 6) is 0.832. The average molecular weight is 422 g/mol. The lowest BCUT2D eigenvalue weighted by molar-refractivity contribution is 0.0933. The van der Waals surface area contributed by atoms with E-state index < -0.39 is 0 Å². The first-order chi connectivity index (χ1) is 15.1. The average Bonchev–Trinajstić information content (AvgIpc) is 2.80. The van der Waals surface area contributed by atoms with Gasteiger partial charge >= 0.3 is 0 Å². The van der Waals surface area contributed by atoms with E-state index in [4.69, 9.17) is 4.74 Å². The van der Waals surface area contributed by atoms with Crippen LogP contribution in [0.3, 0.4) is 0 Å². The Hall–Kier alpha value is -2.53. The summed E-state index contributed by atoms with van der Waals surface area (Å²) in [6.45, 7) is 7.20. The number of carbonyl (C=O) groups excluding carboxylic acids is 1. The molecule has 4 rings (SSSR count). The normalized spacial score (nSPS) is 19.0. The van der Waals surface area contributed by atoms with Gasteiger partial charge in [-0.1, -0.05) is 25.5 Å². The molecule has 0 radical (unpaired) electrons. The van der Waals surface area contributed by atoms with Crippen LogP contribution < -0.4 is 15.0 Å². The molecule has 1 amide bonds. The molecule has 0 saturated carbocycles. The van der Waals surface area contributed by atoms with Crippen LogP contribution in [0, 0.1) is 0 Å². The molecule has 1 aliphatic heterocycles. The molecule has 1 aliphatic carbocycles. The molecule has 2 aromatic rings. The molecule has 5 nitrogen and oxygen atoms in total.